The molecule has 0 saturated carbocycles. The summed E-state index contributed by atoms with van der Waals surface area (Å²) in [6, 6.07) is 0. The molecular formula is C12H23CaO15P. The van der Waals surface area contributed by atoms with Gasteiger partial charge in [0.05, 0.1) is 21.0 Å². The van der Waals surface area contributed by atoms with E-state index in [2.05, 4.69) is 0 Å². The Morgan fingerprint density at radius 3 is 1.76 bits per heavy atom. The van der Waals surface area contributed by atoms with E-state index < -0.39 is 82.4 Å². The third-order valence-electron chi connectivity index (χ3n) is 4.07. The van der Waals surface area contributed by atoms with Crippen molar-refractivity contribution in [2.75, 3.05) is 19.8 Å². The molecule has 15 nitrogen and oxygen atoms in total. The first kappa shape index (κ1) is 29.9. The molecule has 0 aromatic rings. The molecule has 0 amide bonds. The third kappa shape index (κ3) is 7.78. The van der Waals surface area contributed by atoms with Crippen LogP contribution in [-0.4, -0.2) is 158 Å². The molecule has 2 aliphatic heterocycles. The van der Waals surface area contributed by atoms with Gasteiger partial charge < -0.3 is 74.3 Å². The van der Waals surface area contributed by atoms with Gasteiger partial charge in [0.25, 0.3) is 0 Å². The maximum atomic E-state index is 10.00. The van der Waals surface area contributed by atoms with Crippen LogP contribution in [0.5, 0.6) is 0 Å². The van der Waals surface area contributed by atoms with Gasteiger partial charge in [-0.1, -0.05) is 0 Å². The quantitative estimate of drug-likeness (QED) is 0.131. The van der Waals surface area contributed by atoms with Crippen LogP contribution in [0.1, 0.15) is 0 Å². The van der Waals surface area contributed by atoms with Crippen molar-refractivity contribution in [3.05, 3.63) is 0 Å². The molecule has 2 rings (SSSR count). The average Bonchev–Trinajstić information content (AvgIpc) is 2.86. The fourth-order valence-electron chi connectivity index (χ4n) is 2.63. The van der Waals surface area contributed by atoms with Crippen LogP contribution in [0.2, 0.25) is 0 Å². The summed E-state index contributed by atoms with van der Waals surface area (Å²) in [6.45, 7) is -2.32. The van der Waals surface area contributed by atoms with E-state index in [9.17, 15) is 30.6 Å². The van der Waals surface area contributed by atoms with Gasteiger partial charge in [0, 0.05) is 0 Å². The van der Waals surface area contributed by atoms with Gasteiger partial charge in [-0.05, 0) is 0 Å². The number of rotatable bonds is 5. The molecular weight excluding hydrogens is 455 g/mol. The molecule has 0 unspecified atom stereocenters. The number of ether oxygens (including phenoxy) is 3. The summed E-state index contributed by atoms with van der Waals surface area (Å²) >= 11 is 0. The van der Waals surface area contributed by atoms with E-state index >= 15 is 0 Å². The Morgan fingerprint density at radius 1 is 0.897 bits per heavy atom. The van der Waals surface area contributed by atoms with Crippen molar-refractivity contribution in [3.8, 4) is 0 Å². The van der Waals surface area contributed by atoms with Crippen molar-refractivity contribution < 1.29 is 74.3 Å². The summed E-state index contributed by atoms with van der Waals surface area (Å²) in [6.07, 6.45) is -12.7. The van der Waals surface area contributed by atoms with E-state index in [1.165, 1.54) is 0 Å². The van der Waals surface area contributed by atoms with Crippen LogP contribution in [0, 0.1) is 0 Å². The molecule has 168 valence electrons. The maximum absolute atomic E-state index is 10.00. The predicted octanol–water partition coefficient (Wildman–Crippen LogP) is -7.97. The fraction of sp³-hybridized carbons (Fsp3) is 1.00. The Kier molecular flexibility index (Phi) is 12.6. The van der Waals surface area contributed by atoms with Crippen molar-refractivity contribution in [3.63, 3.8) is 0 Å². The minimum absolute atomic E-state index is 0. The van der Waals surface area contributed by atoms with E-state index in [0.717, 1.165) is 0 Å². The summed E-state index contributed by atoms with van der Waals surface area (Å²) in [4.78, 5) is 24.3. The van der Waals surface area contributed by atoms with Crippen molar-refractivity contribution >= 4 is 45.6 Å². The second-order valence-electron chi connectivity index (χ2n) is 6.03. The van der Waals surface area contributed by atoms with Crippen LogP contribution in [0.4, 0.5) is 0 Å². The van der Waals surface area contributed by atoms with Gasteiger partial charge in [0.1, 0.15) is 49.3 Å². The second-order valence-corrected chi connectivity index (χ2v) is 6.97. The number of hydrogen-bond acceptors (Lipinski definition) is 14. The predicted molar refractivity (Wildman–Crippen MR) is 84.2 cm³/mol. The summed E-state index contributed by atoms with van der Waals surface area (Å²) in [5.41, 5.74) is 0. The average molecular weight is 478 g/mol. The molecule has 2 aliphatic rings. The Hall–Kier alpha value is 0.930. The molecule has 9 N–H and O–H groups in total. The van der Waals surface area contributed by atoms with E-state index in [4.69, 9.17) is 43.7 Å². The summed E-state index contributed by atoms with van der Waals surface area (Å²) < 4.78 is 24.1. The molecule has 2 saturated heterocycles. The first-order chi connectivity index (χ1) is 12.8. The third-order valence-corrected chi connectivity index (χ3v) is 4.07. The molecule has 17 heteroatoms. The molecule has 0 radical (unpaired) electrons. The zero-order valence-electron chi connectivity index (χ0n) is 14.9. The molecule has 0 aliphatic carbocycles. The Balaban J connectivity index is 0.00000117. The molecule has 0 aromatic heterocycles. The molecule has 0 bridgehead atoms. The normalized spacial score (nSPS) is 42.6. The van der Waals surface area contributed by atoms with E-state index in [1.54, 1.807) is 0 Å². The van der Waals surface area contributed by atoms with Gasteiger partial charge in [0.15, 0.2) is 6.29 Å². The molecule has 0 aromatic carbocycles. The van der Waals surface area contributed by atoms with E-state index in [0.29, 0.717) is 0 Å². The van der Waals surface area contributed by atoms with Crippen LogP contribution < -0.4 is 9.79 Å². The topological polar surface area (TPSA) is 273 Å². The van der Waals surface area contributed by atoms with Crippen molar-refractivity contribution in [2.45, 2.75) is 54.8 Å². The zero-order chi connectivity index (χ0) is 21.9. The molecule has 2 heterocycles. The largest absolute Gasteiger partial charge is 2.00 e. The smallest absolute Gasteiger partial charge is 0.790 e. The van der Waals surface area contributed by atoms with Crippen LogP contribution in [0.25, 0.3) is 0 Å². The summed E-state index contributed by atoms with van der Waals surface area (Å²) in [5, 5.41) is 76.7. The standard InChI is InChI=1S/C12H22O11.Ca.H3O4P/c13-1-4-6(16)8(18)9(19)11(21-4)23-12(3-15)10(20)7(17)5(2-14)22-12;;1-5(2,3)4/h4-11,13-20H,1-3H2;;(H3,1,2,3,4)/q;+2;/p-2/t4-,5-,6-,7-,8+,9-,10+,11-,12+;;/m1../s1. The number of phosphoric acid groups is 1. The SMILES string of the molecule is O=P([O-])([O-])O.OC[C@H]1O[C@@](CO)(O[C@H]2O[C@H](CO)[C@@H](O)[C@H](O)[C@H]2O)[C@@H](O)[C@@H]1O.[Ca+2]. The van der Waals surface area contributed by atoms with Gasteiger partial charge in [-0.25, -0.2) is 0 Å². The van der Waals surface area contributed by atoms with Crippen molar-refractivity contribution in [1.29, 1.82) is 0 Å². The minimum Gasteiger partial charge on any atom is -0.790 e. The Bertz CT molecular complexity index is 525. The van der Waals surface area contributed by atoms with Crippen molar-refractivity contribution in [2.24, 2.45) is 0 Å². The minimum atomic E-state index is -5.14. The molecule has 2 fully saturated rings. The maximum Gasteiger partial charge on any atom is 2.00 e. The van der Waals surface area contributed by atoms with Crippen LogP contribution in [-0.2, 0) is 18.8 Å². The second kappa shape index (κ2) is 12.2. The van der Waals surface area contributed by atoms with Gasteiger partial charge >= 0.3 is 37.7 Å². The van der Waals surface area contributed by atoms with Crippen LogP contribution in [0.15, 0.2) is 0 Å². The Morgan fingerprint density at radius 2 is 1.38 bits per heavy atom. The number of hydrogen-bond donors (Lipinski definition) is 9. The van der Waals surface area contributed by atoms with Crippen LogP contribution >= 0.6 is 7.82 Å². The molecule has 9 atom stereocenters. The number of aliphatic hydroxyl groups excluding tert-OH is 8. The first-order valence-electron chi connectivity index (χ1n) is 7.80. The monoisotopic (exact) mass is 478 g/mol. The Labute approximate surface area is 193 Å². The van der Waals surface area contributed by atoms with Gasteiger partial charge in [0.2, 0.25) is 5.79 Å². The van der Waals surface area contributed by atoms with E-state index in [1.807, 2.05) is 0 Å². The first-order valence-corrected chi connectivity index (χ1v) is 9.29. The molecule has 0 spiro atoms. The van der Waals surface area contributed by atoms with Crippen molar-refractivity contribution in [1.82, 2.24) is 0 Å². The summed E-state index contributed by atoms with van der Waals surface area (Å²) in [5.74, 6) is -2.22. The summed E-state index contributed by atoms with van der Waals surface area (Å²) in [7, 11) is -5.14. The van der Waals surface area contributed by atoms with E-state index in [-0.39, 0.29) is 37.7 Å². The zero-order valence-corrected chi connectivity index (χ0v) is 18.0. The van der Waals surface area contributed by atoms with Crippen LogP contribution in [0.3, 0.4) is 0 Å². The fourth-order valence-corrected chi connectivity index (χ4v) is 2.63. The number of aliphatic hydroxyl groups is 8. The van der Waals surface area contributed by atoms with Gasteiger partial charge in [-0.3, -0.25) is 0 Å². The molecule has 29 heavy (non-hydrogen) atoms. The van der Waals surface area contributed by atoms with Gasteiger partial charge in [-0.15, -0.1) is 0 Å². The van der Waals surface area contributed by atoms with Gasteiger partial charge in [-0.2, -0.15) is 0 Å².